The van der Waals surface area contributed by atoms with E-state index in [1.807, 2.05) is 68.7 Å². The first-order valence-electron chi connectivity index (χ1n) is 10.3. The van der Waals surface area contributed by atoms with E-state index in [-0.39, 0.29) is 11.9 Å². The zero-order chi connectivity index (χ0) is 22.9. The number of benzene rings is 2. The van der Waals surface area contributed by atoms with Gasteiger partial charge >= 0.3 is 0 Å². The summed E-state index contributed by atoms with van der Waals surface area (Å²) in [6.45, 7) is 2.41. The van der Waals surface area contributed by atoms with Crippen LogP contribution in [-0.4, -0.2) is 35.4 Å². The van der Waals surface area contributed by atoms with Crippen LogP contribution in [-0.2, 0) is 13.6 Å². The van der Waals surface area contributed by atoms with E-state index in [1.165, 1.54) is 0 Å². The molecule has 5 rings (SSSR count). The Balaban J connectivity index is 1.45. The van der Waals surface area contributed by atoms with E-state index < -0.39 is 0 Å². The standard InChI is InChI=1S/C24H20ClN7O/c1-15-20(13-31(2)29-15)22-11-19(18-8-3-4-9-21(18)27-22)23(33)28-24-26-14-32(30-24)12-16-6-5-7-17(25)10-16/h3-11,13-14H,12H2,1-2H3,(H,28,30,33). The molecule has 0 aliphatic heterocycles. The second-order valence-electron chi connectivity index (χ2n) is 7.72. The molecule has 5 aromatic rings. The van der Waals surface area contributed by atoms with Crippen LogP contribution >= 0.6 is 11.6 Å². The molecule has 0 aliphatic carbocycles. The molecule has 0 atom stereocenters. The van der Waals surface area contributed by atoms with E-state index in [2.05, 4.69) is 20.5 Å². The minimum absolute atomic E-state index is 0.224. The van der Waals surface area contributed by atoms with E-state index >= 15 is 0 Å². The van der Waals surface area contributed by atoms with Gasteiger partial charge in [-0.3, -0.25) is 14.8 Å². The Morgan fingerprint density at radius 3 is 2.73 bits per heavy atom. The van der Waals surface area contributed by atoms with Gasteiger partial charge in [0.1, 0.15) is 6.33 Å². The van der Waals surface area contributed by atoms with Crippen molar-refractivity contribution in [1.82, 2.24) is 29.5 Å². The van der Waals surface area contributed by atoms with Crippen molar-refractivity contribution in [1.29, 1.82) is 0 Å². The lowest BCUT2D eigenvalue weighted by Crippen LogP contribution is -2.14. The fourth-order valence-corrected chi connectivity index (χ4v) is 3.98. The molecule has 0 aliphatic rings. The number of nitrogens with one attached hydrogen (secondary N) is 1. The Labute approximate surface area is 194 Å². The number of hydrogen-bond acceptors (Lipinski definition) is 5. The predicted molar refractivity (Wildman–Crippen MR) is 127 cm³/mol. The Kier molecular flexibility index (Phi) is 5.35. The number of carbonyl (C=O) groups is 1. The third-order valence-electron chi connectivity index (χ3n) is 5.25. The fourth-order valence-electron chi connectivity index (χ4n) is 3.77. The summed E-state index contributed by atoms with van der Waals surface area (Å²) in [6.07, 6.45) is 3.47. The van der Waals surface area contributed by atoms with Crippen LogP contribution in [0.3, 0.4) is 0 Å². The largest absolute Gasteiger partial charge is 0.289 e. The lowest BCUT2D eigenvalue weighted by atomic mass is 10.0. The maximum Gasteiger partial charge on any atom is 0.258 e. The molecule has 0 saturated heterocycles. The molecular weight excluding hydrogens is 438 g/mol. The van der Waals surface area contributed by atoms with Gasteiger partial charge in [-0.15, -0.1) is 5.10 Å². The van der Waals surface area contributed by atoms with Crippen molar-refractivity contribution in [3.8, 4) is 11.3 Å². The molecule has 3 heterocycles. The van der Waals surface area contributed by atoms with E-state index in [0.717, 1.165) is 27.7 Å². The van der Waals surface area contributed by atoms with Gasteiger partial charge in [0.2, 0.25) is 5.95 Å². The highest BCUT2D eigenvalue weighted by atomic mass is 35.5. The Morgan fingerprint density at radius 1 is 1.09 bits per heavy atom. The van der Waals surface area contributed by atoms with Gasteiger partial charge < -0.3 is 0 Å². The first-order chi connectivity index (χ1) is 16.0. The monoisotopic (exact) mass is 457 g/mol. The average Bonchev–Trinajstić information content (AvgIpc) is 3.37. The number of anilines is 1. The zero-order valence-corrected chi connectivity index (χ0v) is 18.8. The van der Waals surface area contributed by atoms with Crippen molar-refractivity contribution in [3.05, 3.63) is 89.0 Å². The number of hydrogen-bond donors (Lipinski definition) is 1. The van der Waals surface area contributed by atoms with E-state index in [1.54, 1.807) is 21.8 Å². The molecule has 3 aromatic heterocycles. The molecule has 33 heavy (non-hydrogen) atoms. The normalized spacial score (nSPS) is 11.1. The third kappa shape index (κ3) is 4.33. The maximum atomic E-state index is 13.2. The molecule has 0 bridgehead atoms. The molecule has 1 N–H and O–H groups in total. The van der Waals surface area contributed by atoms with Crippen LogP contribution < -0.4 is 5.32 Å². The highest BCUT2D eigenvalue weighted by Gasteiger charge is 2.17. The van der Waals surface area contributed by atoms with Gasteiger partial charge in [0.15, 0.2) is 0 Å². The Bertz CT molecular complexity index is 1490. The lowest BCUT2D eigenvalue weighted by Gasteiger charge is -2.09. The van der Waals surface area contributed by atoms with Crippen molar-refractivity contribution < 1.29 is 4.79 Å². The second kappa shape index (κ2) is 8.48. The summed E-state index contributed by atoms with van der Waals surface area (Å²) < 4.78 is 3.38. The van der Waals surface area contributed by atoms with Crippen molar-refractivity contribution in [2.24, 2.45) is 7.05 Å². The maximum absolute atomic E-state index is 13.2. The van der Waals surface area contributed by atoms with Crippen LogP contribution in [0.5, 0.6) is 0 Å². The van der Waals surface area contributed by atoms with Gasteiger partial charge in [0.05, 0.1) is 29.0 Å². The summed E-state index contributed by atoms with van der Waals surface area (Å²) in [4.78, 5) is 22.2. The SMILES string of the molecule is Cc1nn(C)cc1-c1cc(C(=O)Nc2ncn(Cc3cccc(Cl)c3)n2)c2ccccc2n1. The number of pyridine rings is 1. The number of nitrogens with zero attached hydrogens (tertiary/aromatic N) is 6. The summed E-state index contributed by atoms with van der Waals surface area (Å²) >= 11 is 6.06. The predicted octanol–water partition coefficient (Wildman–Crippen LogP) is 4.49. The number of amides is 1. The number of aromatic nitrogens is 6. The van der Waals surface area contributed by atoms with E-state index in [4.69, 9.17) is 16.6 Å². The van der Waals surface area contributed by atoms with Gasteiger partial charge in [0, 0.05) is 29.2 Å². The quantitative estimate of drug-likeness (QED) is 0.420. The number of rotatable bonds is 5. The molecule has 2 aromatic carbocycles. The Hall–Kier alpha value is -4.04. The number of fused-ring (bicyclic) bond motifs is 1. The fraction of sp³-hybridized carbons (Fsp3) is 0.125. The van der Waals surface area contributed by atoms with E-state index in [0.29, 0.717) is 22.8 Å². The second-order valence-corrected chi connectivity index (χ2v) is 8.16. The topological polar surface area (TPSA) is 90.5 Å². The molecule has 0 saturated carbocycles. The van der Waals surface area contributed by atoms with Gasteiger partial charge in [-0.1, -0.05) is 41.9 Å². The summed E-state index contributed by atoms with van der Waals surface area (Å²) in [5, 5.41) is 13.0. The highest BCUT2D eigenvalue weighted by molar-refractivity contribution is 6.30. The molecule has 0 radical (unpaired) electrons. The molecule has 8 nitrogen and oxygen atoms in total. The zero-order valence-electron chi connectivity index (χ0n) is 18.0. The van der Waals surface area contributed by atoms with Gasteiger partial charge in [-0.25, -0.2) is 14.6 Å². The van der Waals surface area contributed by atoms with Crippen molar-refractivity contribution in [2.45, 2.75) is 13.5 Å². The number of halogens is 1. The first kappa shape index (κ1) is 20.8. The molecule has 0 spiro atoms. The lowest BCUT2D eigenvalue weighted by molar-refractivity contribution is 0.102. The molecule has 0 fully saturated rings. The van der Waals surface area contributed by atoms with Gasteiger partial charge in [0.25, 0.3) is 5.91 Å². The third-order valence-corrected chi connectivity index (χ3v) is 5.48. The number of para-hydroxylation sites is 1. The van der Waals surface area contributed by atoms with Crippen molar-refractivity contribution in [3.63, 3.8) is 0 Å². The molecule has 9 heteroatoms. The summed E-state index contributed by atoms with van der Waals surface area (Å²) in [5.41, 5.74) is 4.60. The van der Waals surface area contributed by atoms with Crippen LogP contribution in [0.2, 0.25) is 5.02 Å². The van der Waals surface area contributed by atoms with Crippen LogP contribution in [0.25, 0.3) is 22.2 Å². The summed E-state index contributed by atoms with van der Waals surface area (Å²) in [6, 6.07) is 16.9. The van der Waals surface area contributed by atoms with Gasteiger partial charge in [-0.05, 0) is 36.8 Å². The smallest absolute Gasteiger partial charge is 0.258 e. The molecule has 164 valence electrons. The van der Waals surface area contributed by atoms with Crippen LogP contribution in [0.4, 0.5) is 5.95 Å². The minimum atomic E-state index is -0.308. The van der Waals surface area contributed by atoms with Crippen LogP contribution in [0.15, 0.2) is 67.1 Å². The minimum Gasteiger partial charge on any atom is -0.289 e. The van der Waals surface area contributed by atoms with Crippen LogP contribution in [0, 0.1) is 6.92 Å². The molecule has 0 unspecified atom stereocenters. The van der Waals surface area contributed by atoms with E-state index in [9.17, 15) is 4.79 Å². The highest BCUT2D eigenvalue weighted by Crippen LogP contribution is 2.27. The first-order valence-corrected chi connectivity index (χ1v) is 10.7. The van der Waals surface area contributed by atoms with Crippen LogP contribution in [0.1, 0.15) is 21.6 Å². The average molecular weight is 458 g/mol. The van der Waals surface area contributed by atoms with Crippen molar-refractivity contribution >= 4 is 34.4 Å². The molecule has 1 amide bonds. The molecular formula is C24H20ClN7O. The number of carbonyl (C=O) groups excluding carboxylic acids is 1. The Morgan fingerprint density at radius 2 is 1.94 bits per heavy atom. The number of aryl methyl sites for hydroxylation is 2. The summed E-state index contributed by atoms with van der Waals surface area (Å²) in [7, 11) is 1.86. The van der Waals surface area contributed by atoms with Gasteiger partial charge in [-0.2, -0.15) is 5.10 Å². The van der Waals surface area contributed by atoms with Crippen molar-refractivity contribution in [2.75, 3.05) is 5.32 Å². The summed E-state index contributed by atoms with van der Waals surface area (Å²) in [5.74, 6) is -0.0843.